The molecule has 9 heteroatoms. The fraction of sp³-hybridized carbons (Fsp3) is 0. The van der Waals surface area contributed by atoms with Crippen LogP contribution in [0, 0.1) is 0 Å². The lowest BCUT2D eigenvalue weighted by Crippen LogP contribution is -2.11. The Kier molecular flexibility index (Phi) is 4.24. The van der Waals surface area contributed by atoms with Crippen molar-refractivity contribution >= 4 is 55.5 Å². The van der Waals surface area contributed by atoms with Crippen molar-refractivity contribution in [1.29, 1.82) is 0 Å². The molecule has 0 aliphatic carbocycles. The molecule has 0 spiro atoms. The van der Waals surface area contributed by atoms with Gasteiger partial charge in [0.15, 0.2) is 0 Å². The number of hydrogen-bond donors (Lipinski definition) is 2. The normalized spacial score (nSPS) is 11.3. The zero-order chi connectivity index (χ0) is 14.9. The molecule has 5 nitrogen and oxygen atoms in total. The molecule has 0 bridgehead atoms. The lowest BCUT2D eigenvalue weighted by molar-refractivity contribution is 0.0702. The van der Waals surface area contributed by atoms with Gasteiger partial charge in [0.25, 0.3) is 10.0 Å². The Labute approximate surface area is 128 Å². The number of sulfonamides is 1. The molecule has 0 amide bonds. The van der Waals surface area contributed by atoms with Gasteiger partial charge in [0.2, 0.25) is 0 Å². The largest absolute Gasteiger partial charge is 0.477 e. The maximum Gasteiger partial charge on any atom is 0.345 e. The smallest absolute Gasteiger partial charge is 0.345 e. The summed E-state index contributed by atoms with van der Waals surface area (Å²) in [6.07, 6.45) is 0. The van der Waals surface area contributed by atoms with Crippen LogP contribution in [-0.4, -0.2) is 19.5 Å². The first-order valence-electron chi connectivity index (χ1n) is 5.10. The van der Waals surface area contributed by atoms with Crippen molar-refractivity contribution < 1.29 is 18.3 Å². The predicted octanol–water partition coefficient (Wildman–Crippen LogP) is 3.55. The summed E-state index contributed by atoms with van der Waals surface area (Å²) >= 11 is 12.3. The third-order valence-electron chi connectivity index (χ3n) is 2.25. The molecule has 0 aliphatic heterocycles. The molecule has 106 valence electrons. The summed E-state index contributed by atoms with van der Waals surface area (Å²) in [6.45, 7) is 0. The van der Waals surface area contributed by atoms with E-state index < -0.39 is 16.0 Å². The van der Waals surface area contributed by atoms with Crippen LogP contribution in [-0.2, 0) is 10.0 Å². The van der Waals surface area contributed by atoms with Crippen LogP contribution in [0.1, 0.15) is 9.67 Å². The molecular weight excluding hydrogens is 345 g/mol. The molecular formula is C11H7Cl2NO4S2. The highest BCUT2D eigenvalue weighted by Crippen LogP contribution is 2.28. The van der Waals surface area contributed by atoms with E-state index in [1.807, 2.05) is 0 Å². The van der Waals surface area contributed by atoms with Gasteiger partial charge in [-0.2, -0.15) is 0 Å². The molecule has 0 unspecified atom stereocenters. The van der Waals surface area contributed by atoms with Crippen molar-refractivity contribution in [3.63, 3.8) is 0 Å². The molecule has 2 aromatic rings. The molecule has 1 aromatic heterocycles. The molecule has 0 saturated heterocycles. The zero-order valence-corrected chi connectivity index (χ0v) is 12.8. The van der Waals surface area contributed by atoms with Gasteiger partial charge in [-0.3, -0.25) is 4.72 Å². The Balaban J connectivity index is 2.30. The monoisotopic (exact) mass is 351 g/mol. The summed E-state index contributed by atoms with van der Waals surface area (Å²) in [5.41, 5.74) is 0. The van der Waals surface area contributed by atoms with Crippen molar-refractivity contribution in [1.82, 2.24) is 0 Å². The van der Waals surface area contributed by atoms with Gasteiger partial charge in [-0.25, -0.2) is 13.2 Å². The molecule has 1 heterocycles. The topological polar surface area (TPSA) is 83.5 Å². The van der Waals surface area contributed by atoms with Crippen molar-refractivity contribution in [2.75, 3.05) is 4.72 Å². The number of benzene rings is 1. The van der Waals surface area contributed by atoms with E-state index in [9.17, 15) is 13.2 Å². The van der Waals surface area contributed by atoms with Crippen molar-refractivity contribution in [3.05, 3.63) is 45.3 Å². The molecule has 20 heavy (non-hydrogen) atoms. The maximum atomic E-state index is 12.1. The van der Waals surface area contributed by atoms with Gasteiger partial charge in [-0.1, -0.05) is 23.2 Å². The molecule has 2 N–H and O–H groups in total. The fourth-order valence-corrected chi connectivity index (χ4v) is 3.77. The minimum atomic E-state index is -3.84. The first-order valence-corrected chi connectivity index (χ1v) is 8.16. The number of aromatic carboxylic acids is 1. The molecule has 0 saturated carbocycles. The summed E-state index contributed by atoms with van der Waals surface area (Å²) in [7, 11) is -3.84. The third kappa shape index (κ3) is 3.24. The van der Waals surface area contributed by atoms with Gasteiger partial charge in [0, 0.05) is 0 Å². The standard InChI is InChI=1S/C11H7Cl2NO4S2/c12-7-2-1-6(5-8(7)13)20(17,18)14-10-4-3-9(19-10)11(15)16/h1-5,14H,(H,15,16). The maximum absolute atomic E-state index is 12.1. The van der Waals surface area contributed by atoms with E-state index >= 15 is 0 Å². The average molecular weight is 352 g/mol. The van der Waals surface area contributed by atoms with Gasteiger partial charge in [0.1, 0.15) is 9.88 Å². The molecule has 2 rings (SSSR count). The van der Waals surface area contributed by atoms with Crippen LogP contribution in [0.5, 0.6) is 0 Å². The second-order valence-corrected chi connectivity index (χ2v) is 7.23. The molecule has 0 radical (unpaired) electrons. The number of hydrogen-bond acceptors (Lipinski definition) is 4. The number of carbonyl (C=O) groups is 1. The second-order valence-electron chi connectivity index (χ2n) is 3.65. The van der Waals surface area contributed by atoms with Crippen molar-refractivity contribution in [2.24, 2.45) is 0 Å². The highest BCUT2D eigenvalue weighted by Gasteiger charge is 2.17. The summed E-state index contributed by atoms with van der Waals surface area (Å²) in [4.78, 5) is 10.7. The molecule has 1 aromatic carbocycles. The summed E-state index contributed by atoms with van der Waals surface area (Å²) in [5.74, 6) is -1.12. The predicted molar refractivity (Wildman–Crippen MR) is 78.5 cm³/mol. The van der Waals surface area contributed by atoms with E-state index in [0.717, 1.165) is 11.3 Å². The third-order valence-corrected chi connectivity index (χ3v) is 5.47. The Hall–Kier alpha value is -1.28. The van der Waals surface area contributed by atoms with Gasteiger partial charge in [-0.05, 0) is 30.3 Å². The van der Waals surface area contributed by atoms with Gasteiger partial charge in [0.05, 0.1) is 14.9 Å². The van der Waals surface area contributed by atoms with Gasteiger partial charge >= 0.3 is 5.97 Å². The van der Waals surface area contributed by atoms with Crippen LogP contribution in [0.3, 0.4) is 0 Å². The van der Waals surface area contributed by atoms with E-state index in [-0.39, 0.29) is 24.8 Å². The number of anilines is 1. The summed E-state index contributed by atoms with van der Waals surface area (Å²) in [5, 5.41) is 9.35. The van der Waals surface area contributed by atoms with Crippen LogP contribution in [0.2, 0.25) is 10.0 Å². The first kappa shape index (κ1) is 15.1. The van der Waals surface area contributed by atoms with E-state index in [2.05, 4.69) is 4.72 Å². The van der Waals surface area contributed by atoms with Crippen LogP contribution >= 0.6 is 34.5 Å². The minimum absolute atomic E-state index is 0.0387. The highest BCUT2D eigenvalue weighted by molar-refractivity contribution is 7.93. The number of thiophene rings is 1. The van der Waals surface area contributed by atoms with Crippen LogP contribution < -0.4 is 4.72 Å². The van der Waals surface area contributed by atoms with E-state index in [1.54, 1.807) is 0 Å². The quantitative estimate of drug-likeness (QED) is 0.881. The van der Waals surface area contributed by atoms with Crippen molar-refractivity contribution in [3.8, 4) is 0 Å². The number of rotatable bonds is 4. The SMILES string of the molecule is O=C(O)c1ccc(NS(=O)(=O)c2ccc(Cl)c(Cl)c2)s1. The minimum Gasteiger partial charge on any atom is -0.477 e. The van der Waals surface area contributed by atoms with E-state index in [0.29, 0.717) is 0 Å². The second kappa shape index (κ2) is 5.61. The Morgan fingerprint density at radius 2 is 1.85 bits per heavy atom. The molecule has 0 aliphatic rings. The van der Waals surface area contributed by atoms with Crippen LogP contribution in [0.4, 0.5) is 5.00 Å². The summed E-state index contributed by atoms with van der Waals surface area (Å²) in [6, 6.07) is 6.60. The first-order chi connectivity index (χ1) is 9.29. The van der Waals surface area contributed by atoms with Gasteiger partial charge < -0.3 is 5.11 Å². The number of carboxylic acid groups (broad SMARTS) is 1. The molecule has 0 fully saturated rings. The zero-order valence-electron chi connectivity index (χ0n) is 9.63. The fourth-order valence-electron chi connectivity index (χ4n) is 1.34. The van der Waals surface area contributed by atoms with Crippen LogP contribution in [0.25, 0.3) is 0 Å². The molecule has 0 atom stereocenters. The number of nitrogens with one attached hydrogen (secondary N) is 1. The van der Waals surface area contributed by atoms with Crippen LogP contribution in [0.15, 0.2) is 35.2 Å². The van der Waals surface area contributed by atoms with Crippen molar-refractivity contribution in [2.45, 2.75) is 4.90 Å². The lowest BCUT2D eigenvalue weighted by Gasteiger charge is -2.06. The average Bonchev–Trinajstić information content (AvgIpc) is 2.80. The van der Waals surface area contributed by atoms with E-state index in [1.165, 1.54) is 30.3 Å². The summed E-state index contributed by atoms with van der Waals surface area (Å²) < 4.78 is 26.5. The van der Waals surface area contributed by atoms with E-state index in [4.69, 9.17) is 28.3 Å². The number of carboxylic acids is 1. The Bertz CT molecular complexity index is 770. The number of halogens is 2. The van der Waals surface area contributed by atoms with Gasteiger partial charge in [-0.15, -0.1) is 11.3 Å². The Morgan fingerprint density at radius 1 is 1.15 bits per heavy atom. The Morgan fingerprint density at radius 3 is 2.40 bits per heavy atom. The highest BCUT2D eigenvalue weighted by atomic mass is 35.5. The lowest BCUT2D eigenvalue weighted by atomic mass is 10.4.